The van der Waals surface area contributed by atoms with Crippen molar-refractivity contribution in [1.29, 1.82) is 0 Å². The molecule has 0 radical (unpaired) electrons. The molecule has 6 rings (SSSR count). The van der Waals surface area contributed by atoms with Crippen LogP contribution in [0.1, 0.15) is 95.0 Å². The number of benzene rings is 2. The number of hydrogen-bond donors (Lipinski definition) is 1. The lowest BCUT2D eigenvalue weighted by molar-refractivity contribution is -0.137. The van der Waals surface area contributed by atoms with Crippen LogP contribution in [0.2, 0.25) is 0 Å². The molecule has 2 fully saturated rings. The van der Waals surface area contributed by atoms with E-state index in [9.17, 15) is 27.9 Å². The van der Waals surface area contributed by atoms with E-state index >= 15 is 0 Å². The number of rotatable bonds is 8. The van der Waals surface area contributed by atoms with E-state index < -0.39 is 23.6 Å². The summed E-state index contributed by atoms with van der Waals surface area (Å²) in [6.45, 7) is 2.46. The van der Waals surface area contributed by atoms with Crippen molar-refractivity contribution in [1.82, 2.24) is 24.5 Å². The van der Waals surface area contributed by atoms with Crippen LogP contribution < -0.4 is 0 Å². The Morgan fingerprint density at radius 1 is 1.05 bits per heavy atom. The van der Waals surface area contributed by atoms with Crippen molar-refractivity contribution < 1.29 is 27.9 Å². The predicted molar refractivity (Wildman–Crippen MR) is 158 cm³/mol. The number of piperidine rings is 1. The highest BCUT2D eigenvalue weighted by Gasteiger charge is 2.45. The normalized spacial score (nSPS) is 20.1. The van der Waals surface area contributed by atoms with Gasteiger partial charge in [-0.05, 0) is 67.5 Å². The molecule has 1 amide bonds. The number of halogens is 3. The number of carbonyl (C=O) groups is 2. The van der Waals surface area contributed by atoms with Crippen molar-refractivity contribution in [3.8, 4) is 16.8 Å². The molecule has 0 bridgehead atoms. The maximum absolute atomic E-state index is 14.8. The zero-order chi connectivity index (χ0) is 31.2. The van der Waals surface area contributed by atoms with Crippen LogP contribution in [0.15, 0.2) is 60.9 Å². The molecule has 8 nitrogen and oxygen atoms in total. The number of carboxylic acid groups (broad SMARTS) is 1. The Kier molecular flexibility index (Phi) is 7.81. The summed E-state index contributed by atoms with van der Waals surface area (Å²) in [5.74, 6) is -1.81. The van der Waals surface area contributed by atoms with Gasteiger partial charge in [-0.15, -0.1) is 5.10 Å². The molecule has 1 aliphatic carbocycles. The van der Waals surface area contributed by atoms with Crippen molar-refractivity contribution in [2.45, 2.75) is 69.5 Å². The summed E-state index contributed by atoms with van der Waals surface area (Å²) in [6.07, 6.45) is 3.47. The van der Waals surface area contributed by atoms with Gasteiger partial charge in [-0.25, -0.2) is 4.79 Å². The molecule has 3 atom stereocenters. The van der Waals surface area contributed by atoms with E-state index in [0.29, 0.717) is 24.3 Å². The number of carboxylic acids is 1. The first kappa shape index (κ1) is 29.7. The fourth-order valence-electron chi connectivity index (χ4n) is 6.74. The second-order valence-corrected chi connectivity index (χ2v) is 11.8. The summed E-state index contributed by atoms with van der Waals surface area (Å²) in [6, 6.07) is 12.2. The summed E-state index contributed by atoms with van der Waals surface area (Å²) in [7, 11) is 1.76. The molecule has 3 heterocycles. The molecule has 2 aliphatic rings. The van der Waals surface area contributed by atoms with E-state index in [2.05, 4.69) is 10.3 Å². The Labute approximate surface area is 253 Å². The molecule has 230 valence electrons. The van der Waals surface area contributed by atoms with Crippen LogP contribution >= 0.6 is 0 Å². The van der Waals surface area contributed by atoms with Gasteiger partial charge < -0.3 is 14.6 Å². The summed E-state index contributed by atoms with van der Waals surface area (Å²) in [5.41, 5.74) is 0.891. The number of nitrogens with zero attached hydrogens (tertiary/aromatic N) is 5. The zero-order valence-electron chi connectivity index (χ0n) is 24.6. The number of hydrogen-bond acceptors (Lipinski definition) is 4. The Hall–Kier alpha value is -4.41. The molecule has 2 aromatic heterocycles. The fourth-order valence-corrected chi connectivity index (χ4v) is 6.74. The topological polar surface area (TPSA) is 93.2 Å². The molecule has 1 saturated carbocycles. The fraction of sp³-hybridized carbons (Fsp3) is 0.394. The minimum absolute atomic E-state index is 0.00974. The van der Waals surface area contributed by atoms with E-state index in [0.717, 1.165) is 37.8 Å². The molecule has 11 heteroatoms. The van der Waals surface area contributed by atoms with E-state index in [1.807, 2.05) is 6.92 Å². The van der Waals surface area contributed by atoms with Crippen molar-refractivity contribution in [2.75, 3.05) is 6.54 Å². The largest absolute Gasteiger partial charge is 0.478 e. The van der Waals surface area contributed by atoms with Crippen LogP contribution in [0.5, 0.6) is 0 Å². The van der Waals surface area contributed by atoms with Gasteiger partial charge >= 0.3 is 12.1 Å². The highest BCUT2D eigenvalue weighted by atomic mass is 19.4. The molecular weight excluding hydrogens is 571 g/mol. The van der Waals surface area contributed by atoms with E-state index in [1.54, 1.807) is 57.9 Å². The maximum atomic E-state index is 14.8. The number of aromatic nitrogens is 4. The molecular formula is C33H34F3N5O3. The van der Waals surface area contributed by atoms with Gasteiger partial charge in [0, 0.05) is 55.2 Å². The third kappa shape index (κ3) is 5.51. The van der Waals surface area contributed by atoms with E-state index in [1.165, 1.54) is 24.3 Å². The molecule has 3 unspecified atom stereocenters. The minimum Gasteiger partial charge on any atom is -0.478 e. The lowest BCUT2D eigenvalue weighted by Gasteiger charge is -2.36. The number of aromatic carboxylic acids is 1. The first-order valence-electron chi connectivity index (χ1n) is 15.0. The van der Waals surface area contributed by atoms with Gasteiger partial charge in [0.2, 0.25) is 0 Å². The number of alkyl halides is 3. The van der Waals surface area contributed by atoms with E-state index in [-0.39, 0.29) is 40.1 Å². The summed E-state index contributed by atoms with van der Waals surface area (Å²) in [5, 5.41) is 18.1. The monoisotopic (exact) mass is 605 g/mol. The van der Waals surface area contributed by atoms with Gasteiger partial charge in [-0.2, -0.15) is 13.2 Å². The Balaban J connectivity index is 1.41. The molecule has 1 saturated heterocycles. The predicted octanol–water partition coefficient (Wildman–Crippen LogP) is 7.06. The summed E-state index contributed by atoms with van der Waals surface area (Å²) < 4.78 is 47.8. The Morgan fingerprint density at radius 3 is 2.55 bits per heavy atom. The number of aryl methyl sites for hydroxylation is 1. The van der Waals surface area contributed by atoms with Gasteiger partial charge in [-0.1, -0.05) is 42.8 Å². The molecule has 0 spiro atoms. The number of likely N-dealkylation sites (tertiary alicyclic amines) is 1. The molecule has 1 aliphatic heterocycles. The van der Waals surface area contributed by atoms with Gasteiger partial charge in [0.05, 0.1) is 22.4 Å². The summed E-state index contributed by atoms with van der Waals surface area (Å²) in [4.78, 5) is 27.5. The standard InChI is InChI=1S/C33H34F3N5O3/c1-3-8-21-10-4-5-15-41(21)31(42)24-13-7-12-23(29(24)33(34,35)36)20-9-6-11-22(17-20)40-16-14-25(32(43)44)30(40)27-18-26(27)28-19-39(2)38-37-28/h6-7,9,11-14,16-17,19,21,26-27H,3-5,8,10,15,18H2,1-2H3,(H,43,44). The number of amides is 1. The summed E-state index contributed by atoms with van der Waals surface area (Å²) >= 11 is 0. The second-order valence-electron chi connectivity index (χ2n) is 11.8. The Morgan fingerprint density at radius 2 is 1.84 bits per heavy atom. The van der Waals surface area contributed by atoms with Crippen LogP contribution in [0.3, 0.4) is 0 Å². The van der Waals surface area contributed by atoms with Crippen molar-refractivity contribution >= 4 is 11.9 Å². The molecule has 44 heavy (non-hydrogen) atoms. The lowest BCUT2D eigenvalue weighted by atomic mass is 9.92. The van der Waals surface area contributed by atoms with Crippen molar-refractivity contribution in [3.63, 3.8) is 0 Å². The van der Waals surface area contributed by atoms with Crippen molar-refractivity contribution in [2.24, 2.45) is 7.05 Å². The first-order valence-corrected chi connectivity index (χ1v) is 15.0. The Bertz CT molecular complexity index is 1710. The van der Waals surface area contributed by atoms with Crippen LogP contribution in [0.25, 0.3) is 16.8 Å². The van der Waals surface area contributed by atoms with Gasteiger partial charge in [0.25, 0.3) is 5.91 Å². The first-order chi connectivity index (χ1) is 21.1. The molecule has 2 aromatic carbocycles. The third-order valence-electron chi connectivity index (χ3n) is 8.82. The van der Waals surface area contributed by atoms with Crippen LogP contribution in [-0.2, 0) is 13.2 Å². The lowest BCUT2D eigenvalue weighted by Crippen LogP contribution is -2.44. The number of carbonyl (C=O) groups excluding carboxylic acids is 1. The van der Waals surface area contributed by atoms with Gasteiger partial charge in [-0.3, -0.25) is 9.48 Å². The van der Waals surface area contributed by atoms with Crippen LogP contribution in [0, 0.1) is 0 Å². The quantitative estimate of drug-likeness (QED) is 0.232. The zero-order valence-corrected chi connectivity index (χ0v) is 24.6. The van der Waals surface area contributed by atoms with Crippen LogP contribution in [-0.4, -0.2) is 54.0 Å². The average molecular weight is 606 g/mol. The smallest absolute Gasteiger partial charge is 0.417 e. The van der Waals surface area contributed by atoms with E-state index in [4.69, 9.17) is 0 Å². The average Bonchev–Trinajstić information content (AvgIpc) is 3.44. The SMILES string of the molecule is CCCC1CCCCN1C(=O)c1cccc(-c2cccc(-n3ccc(C(=O)O)c3C3CC3c3cn(C)nn3)c2)c1C(F)(F)F. The highest BCUT2D eigenvalue weighted by Crippen LogP contribution is 2.55. The minimum atomic E-state index is -4.78. The molecule has 1 N–H and O–H groups in total. The second kappa shape index (κ2) is 11.6. The van der Waals surface area contributed by atoms with Crippen LogP contribution in [0.4, 0.5) is 13.2 Å². The third-order valence-corrected chi connectivity index (χ3v) is 8.82. The van der Waals surface area contributed by atoms with Gasteiger partial charge in [0.1, 0.15) is 0 Å². The molecule has 4 aromatic rings. The maximum Gasteiger partial charge on any atom is 0.417 e. The van der Waals surface area contributed by atoms with Crippen molar-refractivity contribution in [3.05, 3.63) is 89.0 Å². The highest BCUT2D eigenvalue weighted by molar-refractivity contribution is 5.98. The van der Waals surface area contributed by atoms with Gasteiger partial charge in [0.15, 0.2) is 0 Å².